The van der Waals surface area contributed by atoms with Gasteiger partial charge in [0.2, 0.25) is 11.8 Å². The van der Waals surface area contributed by atoms with Crippen molar-refractivity contribution in [3.05, 3.63) is 0 Å². The van der Waals surface area contributed by atoms with E-state index < -0.39 is 17.7 Å². The Labute approximate surface area is 155 Å². The van der Waals surface area contributed by atoms with E-state index in [2.05, 4.69) is 5.32 Å². The topological polar surface area (TPSA) is 88.2 Å². The fourth-order valence-electron chi connectivity index (χ4n) is 3.13. The van der Waals surface area contributed by atoms with Crippen molar-refractivity contribution in [1.29, 1.82) is 0 Å². The third kappa shape index (κ3) is 5.86. The number of carbonyl (C=O) groups excluding carboxylic acids is 3. The van der Waals surface area contributed by atoms with Gasteiger partial charge in [-0.05, 0) is 40.5 Å². The molecule has 0 aromatic heterocycles. The van der Waals surface area contributed by atoms with Crippen molar-refractivity contribution in [3.8, 4) is 0 Å². The monoisotopic (exact) mass is 369 g/mol. The lowest BCUT2D eigenvalue weighted by molar-refractivity contribution is -0.140. The molecule has 148 valence electrons. The largest absolute Gasteiger partial charge is 0.444 e. The molecule has 2 aliphatic rings. The molecular formula is C18H31N3O5. The van der Waals surface area contributed by atoms with E-state index in [0.29, 0.717) is 45.8 Å². The van der Waals surface area contributed by atoms with Gasteiger partial charge in [0.25, 0.3) is 0 Å². The molecule has 2 heterocycles. The van der Waals surface area contributed by atoms with Gasteiger partial charge in [-0.3, -0.25) is 9.59 Å². The van der Waals surface area contributed by atoms with Gasteiger partial charge in [0, 0.05) is 26.2 Å². The maximum Gasteiger partial charge on any atom is 0.410 e. The fraction of sp³-hybridized carbons (Fsp3) is 0.833. The van der Waals surface area contributed by atoms with Crippen molar-refractivity contribution < 1.29 is 23.9 Å². The summed E-state index contributed by atoms with van der Waals surface area (Å²) in [5, 5.41) is 2.80. The van der Waals surface area contributed by atoms with Gasteiger partial charge < -0.3 is 24.6 Å². The summed E-state index contributed by atoms with van der Waals surface area (Å²) < 4.78 is 10.6. The second-order valence-corrected chi connectivity index (χ2v) is 7.93. The van der Waals surface area contributed by atoms with Gasteiger partial charge in [-0.15, -0.1) is 0 Å². The molecule has 0 bridgehead atoms. The summed E-state index contributed by atoms with van der Waals surface area (Å²) in [5.74, 6) is -0.606. The van der Waals surface area contributed by atoms with E-state index in [4.69, 9.17) is 9.47 Å². The summed E-state index contributed by atoms with van der Waals surface area (Å²) in [6.07, 6.45) is 1.04. The molecule has 2 rings (SSSR count). The molecule has 3 amide bonds. The minimum atomic E-state index is -0.586. The number of piperidine rings is 1. The van der Waals surface area contributed by atoms with E-state index in [1.807, 2.05) is 20.8 Å². The summed E-state index contributed by atoms with van der Waals surface area (Å²) >= 11 is 0. The average Bonchev–Trinajstić information content (AvgIpc) is 2.60. The number of morpholine rings is 1. The number of rotatable bonds is 3. The quantitative estimate of drug-likeness (QED) is 0.802. The second-order valence-electron chi connectivity index (χ2n) is 7.93. The first kappa shape index (κ1) is 20.5. The molecule has 2 fully saturated rings. The van der Waals surface area contributed by atoms with Crippen molar-refractivity contribution >= 4 is 17.9 Å². The van der Waals surface area contributed by atoms with Crippen LogP contribution in [0, 0.1) is 5.92 Å². The molecule has 0 saturated carbocycles. The highest BCUT2D eigenvalue weighted by Crippen LogP contribution is 2.19. The van der Waals surface area contributed by atoms with E-state index in [-0.39, 0.29) is 17.7 Å². The Morgan fingerprint density at radius 1 is 1.12 bits per heavy atom. The Bertz CT molecular complexity index is 525. The standard InChI is InChI=1S/C18H31N3O5/c1-13(16(23)20-8-10-25-11-9-20)19-15(22)14-6-5-7-21(12-14)17(24)26-18(2,3)4/h13-14H,5-12H2,1-4H3,(H,19,22). The summed E-state index contributed by atoms with van der Waals surface area (Å²) in [5.41, 5.74) is -0.564. The maximum atomic E-state index is 12.6. The molecule has 2 unspecified atom stereocenters. The van der Waals surface area contributed by atoms with Gasteiger partial charge in [0.1, 0.15) is 11.6 Å². The summed E-state index contributed by atoms with van der Waals surface area (Å²) in [6, 6.07) is -0.586. The van der Waals surface area contributed by atoms with E-state index in [9.17, 15) is 14.4 Å². The summed E-state index contributed by atoms with van der Waals surface area (Å²) in [4.78, 5) is 40.5. The molecule has 26 heavy (non-hydrogen) atoms. The third-order valence-corrected chi connectivity index (χ3v) is 4.50. The van der Waals surface area contributed by atoms with Crippen molar-refractivity contribution in [1.82, 2.24) is 15.1 Å². The highest BCUT2D eigenvalue weighted by Gasteiger charge is 2.32. The summed E-state index contributed by atoms with van der Waals surface area (Å²) in [6.45, 7) is 10.2. The first-order valence-corrected chi connectivity index (χ1v) is 9.32. The Morgan fingerprint density at radius 2 is 1.77 bits per heavy atom. The molecule has 8 heteroatoms. The van der Waals surface area contributed by atoms with Gasteiger partial charge in [-0.1, -0.05) is 0 Å². The van der Waals surface area contributed by atoms with Gasteiger partial charge in [-0.25, -0.2) is 4.79 Å². The maximum absolute atomic E-state index is 12.6. The molecule has 8 nitrogen and oxygen atoms in total. The Hall–Kier alpha value is -1.83. The molecule has 1 N–H and O–H groups in total. The van der Waals surface area contributed by atoms with Crippen molar-refractivity contribution in [2.75, 3.05) is 39.4 Å². The fourth-order valence-corrected chi connectivity index (χ4v) is 3.13. The first-order valence-electron chi connectivity index (χ1n) is 9.32. The number of hydrogen-bond donors (Lipinski definition) is 1. The van der Waals surface area contributed by atoms with Crippen LogP contribution in [0.1, 0.15) is 40.5 Å². The zero-order valence-electron chi connectivity index (χ0n) is 16.2. The highest BCUT2D eigenvalue weighted by atomic mass is 16.6. The third-order valence-electron chi connectivity index (χ3n) is 4.50. The van der Waals surface area contributed by atoms with E-state index in [0.717, 1.165) is 6.42 Å². The van der Waals surface area contributed by atoms with Crippen LogP contribution in [0.3, 0.4) is 0 Å². The van der Waals surface area contributed by atoms with Gasteiger partial charge >= 0.3 is 6.09 Å². The molecule has 0 spiro atoms. The molecule has 2 saturated heterocycles. The molecule has 0 aromatic carbocycles. The number of ether oxygens (including phenoxy) is 2. The van der Waals surface area contributed by atoms with Crippen LogP contribution in [0.5, 0.6) is 0 Å². The molecule has 0 aliphatic carbocycles. The molecule has 0 aromatic rings. The zero-order chi connectivity index (χ0) is 19.3. The number of likely N-dealkylation sites (tertiary alicyclic amines) is 1. The van der Waals surface area contributed by atoms with Crippen molar-refractivity contribution in [2.45, 2.75) is 52.2 Å². The molecule has 0 radical (unpaired) electrons. The molecule has 2 atom stereocenters. The molecular weight excluding hydrogens is 338 g/mol. The van der Waals surface area contributed by atoms with E-state index >= 15 is 0 Å². The molecule has 2 aliphatic heterocycles. The van der Waals surface area contributed by atoms with E-state index in [1.165, 1.54) is 0 Å². The van der Waals surface area contributed by atoms with Crippen LogP contribution < -0.4 is 5.32 Å². The normalized spacial score (nSPS) is 22.5. The highest BCUT2D eigenvalue weighted by molar-refractivity contribution is 5.88. The Balaban J connectivity index is 1.86. The number of nitrogens with zero attached hydrogens (tertiary/aromatic N) is 2. The minimum absolute atomic E-state index is 0.0959. The number of nitrogens with one attached hydrogen (secondary N) is 1. The zero-order valence-corrected chi connectivity index (χ0v) is 16.2. The SMILES string of the molecule is CC(NC(=O)C1CCCN(C(=O)OC(C)(C)C)C1)C(=O)N1CCOCC1. The van der Waals surface area contributed by atoms with Crippen LogP contribution in [0.15, 0.2) is 0 Å². The number of carbonyl (C=O) groups is 3. The minimum Gasteiger partial charge on any atom is -0.444 e. The predicted octanol–water partition coefficient (Wildman–Crippen LogP) is 0.997. The first-order chi connectivity index (χ1) is 12.2. The average molecular weight is 369 g/mol. The van der Waals surface area contributed by atoms with Gasteiger partial charge in [-0.2, -0.15) is 0 Å². The number of amides is 3. The van der Waals surface area contributed by atoms with Crippen LogP contribution >= 0.6 is 0 Å². The smallest absolute Gasteiger partial charge is 0.410 e. The predicted molar refractivity (Wildman–Crippen MR) is 95.5 cm³/mol. The van der Waals surface area contributed by atoms with Gasteiger partial charge in [0.15, 0.2) is 0 Å². The Kier molecular flexibility index (Phi) is 6.86. The lowest BCUT2D eigenvalue weighted by atomic mass is 9.97. The van der Waals surface area contributed by atoms with Gasteiger partial charge in [0.05, 0.1) is 19.1 Å². The van der Waals surface area contributed by atoms with E-state index in [1.54, 1.807) is 16.7 Å². The number of hydrogen-bond acceptors (Lipinski definition) is 5. The van der Waals surface area contributed by atoms with Crippen LogP contribution in [-0.4, -0.2) is 78.7 Å². The Morgan fingerprint density at radius 3 is 2.38 bits per heavy atom. The van der Waals surface area contributed by atoms with Crippen LogP contribution in [0.2, 0.25) is 0 Å². The van der Waals surface area contributed by atoms with Crippen LogP contribution in [-0.2, 0) is 19.1 Å². The van der Waals surface area contributed by atoms with Crippen molar-refractivity contribution in [3.63, 3.8) is 0 Å². The van der Waals surface area contributed by atoms with Crippen molar-refractivity contribution in [2.24, 2.45) is 5.92 Å². The second kappa shape index (κ2) is 8.70. The lowest BCUT2D eigenvalue weighted by Gasteiger charge is -2.34. The summed E-state index contributed by atoms with van der Waals surface area (Å²) in [7, 11) is 0. The van der Waals surface area contributed by atoms with Crippen LogP contribution in [0.25, 0.3) is 0 Å². The lowest BCUT2D eigenvalue weighted by Crippen LogP contribution is -2.53. The van der Waals surface area contributed by atoms with Crippen LogP contribution in [0.4, 0.5) is 4.79 Å².